The first-order chi connectivity index (χ1) is 18.8. The molecule has 10 nitrogen and oxygen atoms in total. The van der Waals surface area contributed by atoms with E-state index in [0.717, 1.165) is 81.9 Å². The van der Waals surface area contributed by atoms with Crippen LogP contribution in [0.1, 0.15) is 41.1 Å². The molecule has 0 atom stereocenters. The summed E-state index contributed by atoms with van der Waals surface area (Å²) >= 11 is 0. The zero-order valence-electron chi connectivity index (χ0n) is 21.9. The van der Waals surface area contributed by atoms with E-state index in [-0.39, 0.29) is 11.7 Å². The predicted octanol–water partition coefficient (Wildman–Crippen LogP) is 3.10. The number of carbonyl (C=O) groups excluding carboxylic acids is 1. The minimum atomic E-state index is -4.68. The van der Waals surface area contributed by atoms with Crippen LogP contribution in [0.5, 0.6) is 5.75 Å². The molecule has 1 aliphatic heterocycles. The number of alkyl halides is 3. The van der Waals surface area contributed by atoms with Gasteiger partial charge in [-0.1, -0.05) is 5.21 Å². The highest BCUT2D eigenvalue weighted by Gasteiger charge is 2.31. The summed E-state index contributed by atoms with van der Waals surface area (Å²) in [6, 6.07) is 10.1. The number of anilines is 1. The first kappa shape index (κ1) is 28.3. The van der Waals surface area contributed by atoms with Crippen molar-refractivity contribution in [1.29, 1.82) is 0 Å². The van der Waals surface area contributed by atoms with E-state index < -0.39 is 6.36 Å². The van der Waals surface area contributed by atoms with Crippen molar-refractivity contribution in [2.75, 3.05) is 44.7 Å². The number of hydrogen-bond acceptors (Lipinski definition) is 8. The maximum Gasteiger partial charge on any atom is 0.573 e. The van der Waals surface area contributed by atoms with E-state index in [4.69, 9.17) is 0 Å². The Morgan fingerprint density at radius 3 is 2.18 bits per heavy atom. The Kier molecular flexibility index (Phi) is 9.69. The van der Waals surface area contributed by atoms with Crippen LogP contribution in [0.3, 0.4) is 0 Å². The van der Waals surface area contributed by atoms with Crippen LogP contribution in [0.15, 0.2) is 42.6 Å². The van der Waals surface area contributed by atoms with E-state index in [1.54, 1.807) is 30.1 Å². The van der Waals surface area contributed by atoms with E-state index in [1.807, 2.05) is 12.1 Å². The fourth-order valence-corrected chi connectivity index (χ4v) is 4.45. The quantitative estimate of drug-likeness (QED) is 0.346. The maximum atomic E-state index is 12.3. The lowest BCUT2D eigenvalue weighted by molar-refractivity contribution is -0.274. The van der Waals surface area contributed by atoms with Gasteiger partial charge < -0.3 is 15.0 Å². The largest absolute Gasteiger partial charge is 0.573 e. The normalized spacial score (nSPS) is 14.4. The van der Waals surface area contributed by atoms with Gasteiger partial charge in [-0.3, -0.25) is 14.4 Å². The molecule has 39 heavy (non-hydrogen) atoms. The first-order valence-corrected chi connectivity index (χ1v) is 13.1. The number of hydrogen-bond donors (Lipinski definition) is 1. The van der Waals surface area contributed by atoms with Gasteiger partial charge in [0.05, 0.1) is 17.6 Å². The number of nitrogens with zero attached hydrogens (tertiary/aromatic N) is 7. The SMILES string of the molecule is CNC(=O)c1cn(CCCCc2ccc(CCCN3CCN(c4ccc(OC(F)(F)F)cc4)CC3)nn2)nn1. The summed E-state index contributed by atoms with van der Waals surface area (Å²) in [5, 5.41) is 19.1. The Balaban J connectivity index is 1.10. The van der Waals surface area contributed by atoms with Crippen molar-refractivity contribution in [2.24, 2.45) is 0 Å². The molecule has 4 rings (SSSR count). The molecule has 1 aliphatic rings. The third kappa shape index (κ3) is 8.91. The molecule has 13 heteroatoms. The van der Waals surface area contributed by atoms with E-state index in [2.05, 4.69) is 40.4 Å². The Labute approximate surface area is 225 Å². The van der Waals surface area contributed by atoms with Crippen LogP contribution in [0, 0.1) is 0 Å². The highest BCUT2D eigenvalue weighted by molar-refractivity contribution is 5.91. The smallest absolute Gasteiger partial charge is 0.406 e. The first-order valence-electron chi connectivity index (χ1n) is 13.1. The maximum absolute atomic E-state index is 12.3. The van der Waals surface area contributed by atoms with E-state index in [0.29, 0.717) is 12.2 Å². The molecular formula is C26H33F3N8O2. The highest BCUT2D eigenvalue weighted by atomic mass is 19.4. The van der Waals surface area contributed by atoms with Crippen LogP contribution < -0.4 is 15.0 Å². The zero-order chi connectivity index (χ0) is 27.7. The monoisotopic (exact) mass is 546 g/mol. The van der Waals surface area contributed by atoms with Crippen molar-refractivity contribution in [1.82, 2.24) is 35.4 Å². The fourth-order valence-electron chi connectivity index (χ4n) is 4.45. The molecule has 1 fully saturated rings. The molecule has 0 bridgehead atoms. The average Bonchev–Trinajstić information content (AvgIpc) is 3.40. The van der Waals surface area contributed by atoms with Crippen LogP contribution in [-0.2, 0) is 19.4 Å². The van der Waals surface area contributed by atoms with Crippen LogP contribution >= 0.6 is 0 Å². The van der Waals surface area contributed by atoms with Gasteiger partial charge in [-0.25, -0.2) is 0 Å². The number of halogens is 3. The van der Waals surface area contributed by atoms with Crippen molar-refractivity contribution < 1.29 is 22.7 Å². The van der Waals surface area contributed by atoms with Gasteiger partial charge >= 0.3 is 6.36 Å². The molecule has 2 aromatic heterocycles. The van der Waals surface area contributed by atoms with E-state index >= 15 is 0 Å². The molecule has 210 valence electrons. The van der Waals surface area contributed by atoms with Gasteiger partial charge in [0.1, 0.15) is 5.75 Å². The number of benzene rings is 1. The van der Waals surface area contributed by atoms with Gasteiger partial charge in [-0.2, -0.15) is 10.2 Å². The molecule has 0 saturated carbocycles. The van der Waals surface area contributed by atoms with Gasteiger partial charge in [0.2, 0.25) is 0 Å². The third-order valence-corrected chi connectivity index (χ3v) is 6.56. The summed E-state index contributed by atoms with van der Waals surface area (Å²) < 4.78 is 42.6. The van der Waals surface area contributed by atoms with E-state index in [1.165, 1.54) is 12.1 Å². The lowest BCUT2D eigenvalue weighted by Crippen LogP contribution is -2.46. The molecule has 1 aromatic carbocycles. The number of aryl methyl sites for hydroxylation is 3. The number of rotatable bonds is 12. The summed E-state index contributed by atoms with van der Waals surface area (Å²) in [5.41, 5.74) is 3.14. The van der Waals surface area contributed by atoms with Crippen molar-refractivity contribution in [3.8, 4) is 5.75 Å². The summed E-state index contributed by atoms with van der Waals surface area (Å²) in [6.07, 6.45) is 1.45. The summed E-state index contributed by atoms with van der Waals surface area (Å²) in [4.78, 5) is 16.1. The number of aromatic nitrogens is 5. The number of piperazine rings is 1. The minimum absolute atomic E-state index is 0.206. The number of amides is 1. The standard InChI is InChI=1S/C26H33F3N8O2/c1-30-25(38)24-19-37(34-33-24)14-3-2-5-20-7-8-21(32-31-20)6-4-13-35-15-17-36(18-16-35)22-9-11-23(12-10-22)39-26(27,28)29/h7-12,19H,2-6,13-18H2,1H3,(H,30,38). The molecule has 0 unspecified atom stereocenters. The van der Waals surface area contributed by atoms with Crippen LogP contribution in [0.25, 0.3) is 0 Å². The molecule has 0 aliphatic carbocycles. The molecule has 1 N–H and O–H groups in total. The molecule has 1 saturated heterocycles. The fraction of sp³-hybridized carbons (Fsp3) is 0.500. The molecule has 3 aromatic rings. The Morgan fingerprint density at radius 2 is 1.56 bits per heavy atom. The second-order valence-corrected chi connectivity index (χ2v) is 9.39. The summed E-state index contributed by atoms with van der Waals surface area (Å²) in [5.74, 6) is -0.451. The van der Waals surface area contributed by atoms with Crippen molar-refractivity contribution in [2.45, 2.75) is 45.0 Å². The van der Waals surface area contributed by atoms with Crippen molar-refractivity contribution in [3.05, 3.63) is 59.7 Å². The van der Waals surface area contributed by atoms with Crippen LogP contribution in [0.2, 0.25) is 0 Å². The van der Waals surface area contributed by atoms with Crippen LogP contribution in [0.4, 0.5) is 18.9 Å². The molecule has 1 amide bonds. The van der Waals surface area contributed by atoms with Gasteiger partial charge in [-0.05, 0) is 75.0 Å². The Hall–Kier alpha value is -3.74. The lowest BCUT2D eigenvalue weighted by Gasteiger charge is -2.36. The molecule has 3 heterocycles. The zero-order valence-corrected chi connectivity index (χ0v) is 21.9. The number of carbonyl (C=O) groups is 1. The predicted molar refractivity (Wildman–Crippen MR) is 138 cm³/mol. The second kappa shape index (κ2) is 13.4. The van der Waals surface area contributed by atoms with E-state index in [9.17, 15) is 18.0 Å². The highest BCUT2D eigenvalue weighted by Crippen LogP contribution is 2.26. The topological polar surface area (TPSA) is 101 Å². The molecule has 0 spiro atoms. The van der Waals surface area contributed by atoms with Crippen molar-refractivity contribution >= 4 is 11.6 Å². The Morgan fingerprint density at radius 1 is 0.897 bits per heavy atom. The summed E-state index contributed by atoms with van der Waals surface area (Å²) in [6.45, 7) is 5.08. The summed E-state index contributed by atoms with van der Waals surface area (Å²) in [7, 11) is 1.56. The van der Waals surface area contributed by atoms with Crippen molar-refractivity contribution in [3.63, 3.8) is 0 Å². The molecular weight excluding hydrogens is 513 g/mol. The van der Waals surface area contributed by atoms with Gasteiger partial charge in [-0.15, -0.1) is 18.3 Å². The van der Waals surface area contributed by atoms with Gasteiger partial charge in [0.25, 0.3) is 5.91 Å². The average molecular weight is 547 g/mol. The second-order valence-electron chi connectivity index (χ2n) is 9.39. The van der Waals surface area contributed by atoms with Crippen LogP contribution in [-0.4, -0.2) is 82.1 Å². The third-order valence-electron chi connectivity index (χ3n) is 6.56. The van der Waals surface area contributed by atoms with Gasteiger partial charge in [0, 0.05) is 45.5 Å². The minimum Gasteiger partial charge on any atom is -0.406 e. The Bertz CT molecular complexity index is 1180. The number of ether oxygens (including phenoxy) is 1. The number of unbranched alkanes of at least 4 members (excludes halogenated alkanes) is 1. The lowest BCUT2D eigenvalue weighted by atomic mass is 10.1. The number of nitrogens with one attached hydrogen (secondary N) is 1. The van der Waals surface area contributed by atoms with Gasteiger partial charge in [0.15, 0.2) is 5.69 Å². The molecule has 0 radical (unpaired) electrons.